The molecule has 1 aliphatic carbocycles. The summed E-state index contributed by atoms with van der Waals surface area (Å²) in [5.41, 5.74) is 17.7. The number of furan rings is 2. The van der Waals surface area contributed by atoms with Crippen molar-refractivity contribution in [1.82, 2.24) is 4.57 Å². The zero-order valence-electron chi connectivity index (χ0n) is 32.2. The van der Waals surface area contributed by atoms with Crippen molar-refractivity contribution in [2.45, 2.75) is 5.92 Å². The standard InChI is InChI=1S/C56H32N2O2/c57-32-33-28-36(35-14-10-15-38(31-35)58-46-21-7-4-17-42(46)53-47(58)26-24-41-40-16-5-8-22-48(40)60-56(41)53)30-37(29-33)51-44-20-11-19-39(34-12-2-1-3-13-34)52(44)45-25-27-50-54(55(45)51)43-18-6-9-23-49(43)59-50/h1-31,51H. The van der Waals surface area contributed by atoms with E-state index in [0.717, 1.165) is 88.1 Å². The summed E-state index contributed by atoms with van der Waals surface area (Å²) in [5.74, 6) is -0.137. The SMILES string of the molecule is N#Cc1cc(-c2cccc(-n3c4ccccc4c4c5oc6ccccc6c5ccc43)c2)cc(C2c3cccc(-c4ccccc4)c3-c3ccc4oc5ccccc5c4c32)c1. The van der Waals surface area contributed by atoms with Crippen molar-refractivity contribution in [2.75, 3.05) is 0 Å². The molecule has 0 saturated heterocycles. The first-order valence-corrected chi connectivity index (χ1v) is 20.3. The zero-order valence-corrected chi connectivity index (χ0v) is 32.2. The Bertz CT molecular complexity index is 3800. The van der Waals surface area contributed by atoms with Crippen LogP contribution < -0.4 is 0 Å². The van der Waals surface area contributed by atoms with E-state index in [-0.39, 0.29) is 5.92 Å². The third kappa shape index (κ3) is 4.60. The molecule has 0 fully saturated rings. The molecule has 13 rings (SSSR count). The summed E-state index contributed by atoms with van der Waals surface area (Å²) in [7, 11) is 0. The van der Waals surface area contributed by atoms with Crippen LogP contribution in [0.5, 0.6) is 0 Å². The minimum atomic E-state index is -0.137. The molecule has 4 nitrogen and oxygen atoms in total. The second-order valence-corrected chi connectivity index (χ2v) is 15.9. The monoisotopic (exact) mass is 764 g/mol. The fourth-order valence-electron chi connectivity index (χ4n) is 10.2. The lowest BCUT2D eigenvalue weighted by Crippen LogP contribution is -2.02. The first kappa shape index (κ1) is 32.9. The second kappa shape index (κ2) is 12.4. The summed E-state index contributed by atoms with van der Waals surface area (Å²) < 4.78 is 15.4. The molecule has 3 aromatic heterocycles. The Balaban J connectivity index is 1.03. The number of hydrogen-bond acceptors (Lipinski definition) is 3. The lowest BCUT2D eigenvalue weighted by molar-refractivity contribution is 0.668. The minimum Gasteiger partial charge on any atom is -0.456 e. The molecule has 9 aromatic carbocycles. The number of aromatic nitrogens is 1. The highest BCUT2D eigenvalue weighted by Gasteiger charge is 2.35. The van der Waals surface area contributed by atoms with E-state index in [1.165, 1.54) is 33.4 Å². The molecule has 0 N–H and O–H groups in total. The lowest BCUT2D eigenvalue weighted by Gasteiger charge is -2.18. The third-order valence-electron chi connectivity index (χ3n) is 12.7. The van der Waals surface area contributed by atoms with E-state index in [9.17, 15) is 5.26 Å². The fraction of sp³-hybridized carbons (Fsp3) is 0.0179. The molecule has 0 spiro atoms. The van der Waals surface area contributed by atoms with Gasteiger partial charge in [0, 0.05) is 38.5 Å². The van der Waals surface area contributed by atoms with Gasteiger partial charge in [-0.3, -0.25) is 0 Å². The van der Waals surface area contributed by atoms with Gasteiger partial charge in [0.25, 0.3) is 0 Å². The van der Waals surface area contributed by atoms with Crippen LogP contribution in [0.2, 0.25) is 0 Å². The van der Waals surface area contributed by atoms with Crippen molar-refractivity contribution in [3.05, 3.63) is 210 Å². The van der Waals surface area contributed by atoms with E-state index >= 15 is 0 Å². The summed E-state index contributed by atoms with van der Waals surface area (Å²) in [5, 5.41) is 17.3. The maximum atomic E-state index is 10.6. The Morgan fingerprint density at radius 1 is 0.467 bits per heavy atom. The van der Waals surface area contributed by atoms with Crippen molar-refractivity contribution >= 4 is 65.7 Å². The largest absolute Gasteiger partial charge is 0.456 e. The number of nitrogens with zero attached hydrogens (tertiary/aromatic N) is 2. The molecule has 1 aliphatic rings. The molecule has 1 atom stereocenters. The molecule has 278 valence electrons. The highest BCUT2D eigenvalue weighted by atomic mass is 16.3. The predicted octanol–water partition coefficient (Wildman–Crippen LogP) is 14.9. The molecular weight excluding hydrogens is 733 g/mol. The maximum Gasteiger partial charge on any atom is 0.145 e. The molecule has 0 aliphatic heterocycles. The first-order valence-electron chi connectivity index (χ1n) is 20.3. The van der Waals surface area contributed by atoms with Gasteiger partial charge in [0.05, 0.1) is 28.1 Å². The van der Waals surface area contributed by atoms with Crippen LogP contribution in [0.3, 0.4) is 0 Å². The van der Waals surface area contributed by atoms with Crippen LogP contribution in [0.25, 0.3) is 105 Å². The molecule has 60 heavy (non-hydrogen) atoms. The van der Waals surface area contributed by atoms with Crippen molar-refractivity contribution in [2.24, 2.45) is 0 Å². The Hall–Kier alpha value is -8.13. The van der Waals surface area contributed by atoms with Crippen LogP contribution in [0.15, 0.2) is 197 Å². The smallest absolute Gasteiger partial charge is 0.145 e. The van der Waals surface area contributed by atoms with Gasteiger partial charge >= 0.3 is 0 Å². The number of fused-ring (bicyclic) bond motifs is 14. The van der Waals surface area contributed by atoms with Gasteiger partial charge in [0.1, 0.15) is 22.3 Å². The molecule has 3 heterocycles. The van der Waals surface area contributed by atoms with Crippen LogP contribution >= 0.6 is 0 Å². The molecule has 12 aromatic rings. The van der Waals surface area contributed by atoms with Crippen LogP contribution in [-0.4, -0.2) is 4.57 Å². The van der Waals surface area contributed by atoms with Gasteiger partial charge < -0.3 is 13.4 Å². The molecule has 0 saturated carbocycles. The average molecular weight is 765 g/mol. The Morgan fingerprint density at radius 2 is 1.22 bits per heavy atom. The van der Waals surface area contributed by atoms with E-state index in [4.69, 9.17) is 8.83 Å². The number of benzene rings is 9. The molecule has 0 radical (unpaired) electrons. The summed E-state index contributed by atoms with van der Waals surface area (Å²) in [6.07, 6.45) is 0. The summed E-state index contributed by atoms with van der Waals surface area (Å²) >= 11 is 0. The minimum absolute atomic E-state index is 0.137. The average Bonchev–Trinajstić information content (AvgIpc) is 4.06. The zero-order chi connectivity index (χ0) is 39.5. The van der Waals surface area contributed by atoms with Crippen molar-refractivity contribution in [1.29, 1.82) is 5.26 Å². The Labute approximate surface area is 344 Å². The van der Waals surface area contributed by atoms with Gasteiger partial charge in [-0.1, -0.05) is 127 Å². The van der Waals surface area contributed by atoms with Crippen LogP contribution in [0.1, 0.15) is 28.2 Å². The number of nitriles is 1. The van der Waals surface area contributed by atoms with E-state index in [0.29, 0.717) is 5.56 Å². The van der Waals surface area contributed by atoms with Gasteiger partial charge in [-0.15, -0.1) is 0 Å². The summed E-state index contributed by atoms with van der Waals surface area (Å²) in [4.78, 5) is 0. The van der Waals surface area contributed by atoms with Crippen LogP contribution in [0.4, 0.5) is 0 Å². The lowest BCUT2D eigenvalue weighted by atomic mass is 9.84. The maximum absolute atomic E-state index is 10.6. The number of hydrogen-bond donors (Lipinski definition) is 0. The third-order valence-corrected chi connectivity index (χ3v) is 12.7. The predicted molar refractivity (Wildman–Crippen MR) is 244 cm³/mol. The van der Waals surface area contributed by atoms with Gasteiger partial charge in [-0.2, -0.15) is 5.26 Å². The van der Waals surface area contributed by atoms with Gasteiger partial charge in [-0.05, 0) is 111 Å². The normalized spacial score (nSPS) is 13.5. The van der Waals surface area contributed by atoms with Crippen molar-refractivity contribution in [3.8, 4) is 45.1 Å². The first-order chi connectivity index (χ1) is 29.7. The van der Waals surface area contributed by atoms with Crippen LogP contribution in [-0.2, 0) is 0 Å². The fourth-order valence-corrected chi connectivity index (χ4v) is 10.2. The number of para-hydroxylation sites is 3. The topological polar surface area (TPSA) is 55.0 Å². The molecule has 4 heteroatoms. The number of rotatable bonds is 4. The molecule has 0 amide bonds. The molecular formula is C56H32N2O2. The van der Waals surface area contributed by atoms with Crippen LogP contribution in [0, 0.1) is 11.3 Å². The van der Waals surface area contributed by atoms with Gasteiger partial charge in [-0.25, -0.2) is 0 Å². The van der Waals surface area contributed by atoms with Crippen molar-refractivity contribution < 1.29 is 8.83 Å². The second-order valence-electron chi connectivity index (χ2n) is 15.9. The highest BCUT2D eigenvalue weighted by molar-refractivity contribution is 6.24. The quantitative estimate of drug-likeness (QED) is 0.179. The van der Waals surface area contributed by atoms with E-state index in [2.05, 4.69) is 168 Å². The summed E-state index contributed by atoms with van der Waals surface area (Å²) in [6, 6.07) is 68.9. The van der Waals surface area contributed by atoms with Gasteiger partial charge in [0.15, 0.2) is 0 Å². The van der Waals surface area contributed by atoms with E-state index < -0.39 is 0 Å². The van der Waals surface area contributed by atoms with E-state index in [1.807, 2.05) is 30.3 Å². The van der Waals surface area contributed by atoms with E-state index in [1.54, 1.807) is 0 Å². The summed E-state index contributed by atoms with van der Waals surface area (Å²) in [6.45, 7) is 0. The Morgan fingerprint density at radius 3 is 2.08 bits per heavy atom. The highest BCUT2D eigenvalue weighted by Crippen LogP contribution is 2.55. The van der Waals surface area contributed by atoms with Crippen molar-refractivity contribution in [3.63, 3.8) is 0 Å². The Kier molecular flexibility index (Phi) is 6.82. The molecule has 0 bridgehead atoms. The molecule has 1 unspecified atom stereocenters. The van der Waals surface area contributed by atoms with Gasteiger partial charge in [0.2, 0.25) is 0 Å².